The van der Waals surface area contributed by atoms with E-state index in [4.69, 9.17) is 4.74 Å². The van der Waals surface area contributed by atoms with Crippen LogP contribution >= 0.6 is 0 Å². The minimum Gasteiger partial charge on any atom is -0.484 e. The third-order valence-corrected chi connectivity index (χ3v) is 7.22. The number of anilines is 2. The van der Waals surface area contributed by atoms with E-state index < -0.39 is 39.0 Å². The summed E-state index contributed by atoms with van der Waals surface area (Å²) in [5, 5.41) is 13.4. The van der Waals surface area contributed by atoms with Gasteiger partial charge in [-0.25, -0.2) is 8.42 Å². The third-order valence-electron chi connectivity index (χ3n) is 5.18. The Hall–Kier alpha value is -3.25. The highest BCUT2D eigenvalue weighted by atomic mass is 32.2. The van der Waals surface area contributed by atoms with Crippen LogP contribution in [0.25, 0.3) is 0 Å². The second-order valence-electron chi connectivity index (χ2n) is 7.15. The lowest BCUT2D eigenvalue weighted by Gasteiger charge is -2.26. The topological polar surface area (TPSA) is 122 Å². The zero-order chi connectivity index (χ0) is 25.5. The predicted octanol–water partition coefficient (Wildman–Crippen LogP) is 3.63. The number of halogens is 1. The van der Waals surface area contributed by atoms with Crippen LogP contribution in [0.4, 0.5) is 21.5 Å². The Morgan fingerprint density at radius 1 is 1.06 bits per heavy atom. The quantitative estimate of drug-likeness (QED) is 0.352. The number of hydrogen-bond donors (Lipinski definition) is 1. The molecule has 0 aromatic heterocycles. The van der Waals surface area contributed by atoms with E-state index in [1.54, 1.807) is 19.9 Å². The van der Waals surface area contributed by atoms with Crippen LogP contribution in [0, 0.1) is 15.9 Å². The van der Waals surface area contributed by atoms with Crippen molar-refractivity contribution < 1.29 is 27.3 Å². The van der Waals surface area contributed by atoms with Crippen LogP contribution in [0.2, 0.25) is 0 Å². The molecule has 2 aromatic rings. The van der Waals surface area contributed by atoms with Gasteiger partial charge in [-0.05, 0) is 38.1 Å². The van der Waals surface area contributed by atoms with Gasteiger partial charge in [-0.15, -0.1) is 0 Å². The van der Waals surface area contributed by atoms with Gasteiger partial charge in [-0.1, -0.05) is 13.8 Å². The molecule has 12 heteroatoms. The van der Waals surface area contributed by atoms with E-state index in [-0.39, 0.29) is 10.6 Å². The molecule has 1 N–H and O–H groups in total. The number of sulfonamides is 1. The van der Waals surface area contributed by atoms with Crippen LogP contribution in [-0.2, 0) is 14.8 Å². The number of amides is 1. The fourth-order valence-corrected chi connectivity index (χ4v) is 4.87. The first-order valence-electron chi connectivity index (χ1n) is 10.8. The van der Waals surface area contributed by atoms with Gasteiger partial charge in [0.05, 0.1) is 21.2 Å². The summed E-state index contributed by atoms with van der Waals surface area (Å²) in [5.41, 5.74) is 0.227. The van der Waals surface area contributed by atoms with Crippen LogP contribution in [0.15, 0.2) is 41.3 Å². The molecule has 0 atom stereocenters. The van der Waals surface area contributed by atoms with Crippen molar-refractivity contribution in [3.63, 3.8) is 0 Å². The molecule has 0 heterocycles. The van der Waals surface area contributed by atoms with E-state index in [0.717, 1.165) is 12.1 Å². The van der Waals surface area contributed by atoms with Gasteiger partial charge in [0, 0.05) is 38.3 Å². The van der Waals surface area contributed by atoms with Crippen LogP contribution in [0.1, 0.15) is 27.7 Å². The molecule has 0 bridgehead atoms. The second kappa shape index (κ2) is 11.7. The molecule has 0 radical (unpaired) electrons. The molecule has 186 valence electrons. The Morgan fingerprint density at radius 2 is 1.71 bits per heavy atom. The average Bonchev–Trinajstić information content (AvgIpc) is 2.79. The molecule has 0 saturated carbocycles. The monoisotopic (exact) mass is 496 g/mol. The molecule has 0 aliphatic rings. The number of nitro benzene ring substituents is 1. The molecule has 0 aliphatic carbocycles. The molecule has 0 saturated heterocycles. The Morgan fingerprint density at radius 3 is 2.24 bits per heavy atom. The highest BCUT2D eigenvalue weighted by Gasteiger charge is 2.24. The number of carbonyl (C=O) groups excluding carboxylic acids is 1. The Bertz CT molecular complexity index is 1130. The number of benzene rings is 2. The maximum atomic E-state index is 13.8. The molecule has 0 fully saturated rings. The maximum absolute atomic E-state index is 13.8. The highest BCUT2D eigenvalue weighted by Crippen LogP contribution is 2.30. The van der Waals surface area contributed by atoms with Crippen molar-refractivity contribution in [1.29, 1.82) is 0 Å². The lowest BCUT2D eigenvalue weighted by Crippen LogP contribution is -2.31. The molecule has 0 aliphatic heterocycles. The Balaban J connectivity index is 2.29. The minimum absolute atomic E-state index is 0.0424. The fourth-order valence-electron chi connectivity index (χ4n) is 3.39. The summed E-state index contributed by atoms with van der Waals surface area (Å²) in [7, 11) is -3.75. The number of carbonyl (C=O) groups is 1. The first-order valence-corrected chi connectivity index (χ1v) is 12.3. The molecular formula is C22H29FN4O6S. The number of rotatable bonds is 12. The number of hydrogen-bond acceptors (Lipinski definition) is 7. The van der Waals surface area contributed by atoms with Crippen molar-refractivity contribution in [2.75, 3.05) is 43.0 Å². The number of nitrogens with zero attached hydrogens (tertiary/aromatic N) is 3. The summed E-state index contributed by atoms with van der Waals surface area (Å²) in [6.07, 6.45) is 0. The van der Waals surface area contributed by atoms with Crippen LogP contribution in [-0.4, -0.2) is 56.3 Å². The number of nitro groups is 1. The van der Waals surface area contributed by atoms with Gasteiger partial charge in [0.1, 0.15) is 5.75 Å². The van der Waals surface area contributed by atoms with E-state index >= 15 is 0 Å². The van der Waals surface area contributed by atoms with Gasteiger partial charge in [-0.3, -0.25) is 14.9 Å². The molecule has 0 spiro atoms. The number of ether oxygens (including phenoxy) is 1. The van der Waals surface area contributed by atoms with Crippen molar-refractivity contribution in [3.8, 4) is 5.75 Å². The van der Waals surface area contributed by atoms with E-state index in [2.05, 4.69) is 5.32 Å². The van der Waals surface area contributed by atoms with Crippen molar-refractivity contribution in [1.82, 2.24) is 4.31 Å². The lowest BCUT2D eigenvalue weighted by atomic mass is 10.2. The van der Waals surface area contributed by atoms with Crippen molar-refractivity contribution in [2.45, 2.75) is 32.6 Å². The normalized spacial score (nSPS) is 11.4. The second-order valence-corrected chi connectivity index (χ2v) is 9.09. The van der Waals surface area contributed by atoms with Gasteiger partial charge < -0.3 is 15.0 Å². The van der Waals surface area contributed by atoms with Gasteiger partial charge in [0.2, 0.25) is 15.8 Å². The molecule has 1 amide bonds. The standard InChI is InChI=1S/C22H29FN4O6S/c1-5-25(6-2)21-12-10-17(34(31,32)26(7-3)8-4)14-19(21)24-22(28)15-33-16-9-11-20(27(29)30)18(23)13-16/h9-14H,5-8,15H2,1-4H3,(H,24,28). The Kier molecular flexibility index (Phi) is 9.33. The smallest absolute Gasteiger partial charge is 0.305 e. The molecule has 10 nitrogen and oxygen atoms in total. The van der Waals surface area contributed by atoms with Gasteiger partial charge >= 0.3 is 5.69 Å². The fraction of sp³-hybridized carbons (Fsp3) is 0.409. The minimum atomic E-state index is -3.75. The number of nitrogens with one attached hydrogen (secondary N) is 1. The summed E-state index contributed by atoms with van der Waals surface area (Å²) in [6, 6.07) is 7.52. The maximum Gasteiger partial charge on any atom is 0.305 e. The SMILES string of the molecule is CCN(CC)c1ccc(S(=O)(=O)N(CC)CC)cc1NC(=O)COc1ccc([N+](=O)[O-])c(F)c1. The van der Waals surface area contributed by atoms with Crippen LogP contribution < -0.4 is 15.0 Å². The summed E-state index contributed by atoms with van der Waals surface area (Å²) in [5.74, 6) is -1.74. The molecule has 0 unspecified atom stereocenters. The van der Waals surface area contributed by atoms with Gasteiger partial charge in [0.15, 0.2) is 6.61 Å². The van der Waals surface area contributed by atoms with E-state index in [1.807, 2.05) is 18.7 Å². The third kappa shape index (κ3) is 6.20. The van der Waals surface area contributed by atoms with Crippen molar-refractivity contribution in [3.05, 3.63) is 52.3 Å². The largest absolute Gasteiger partial charge is 0.484 e. The zero-order valence-corrected chi connectivity index (χ0v) is 20.4. The summed E-state index contributed by atoms with van der Waals surface area (Å²) >= 11 is 0. The predicted molar refractivity (Wildman–Crippen MR) is 127 cm³/mol. The van der Waals surface area contributed by atoms with E-state index in [0.29, 0.717) is 37.6 Å². The van der Waals surface area contributed by atoms with Crippen molar-refractivity contribution in [2.24, 2.45) is 0 Å². The first-order chi connectivity index (χ1) is 16.1. The Labute approximate surface area is 198 Å². The van der Waals surface area contributed by atoms with Gasteiger partial charge in [0.25, 0.3) is 5.91 Å². The first kappa shape index (κ1) is 27.0. The molecule has 34 heavy (non-hydrogen) atoms. The molecule has 2 aromatic carbocycles. The average molecular weight is 497 g/mol. The van der Waals surface area contributed by atoms with E-state index in [9.17, 15) is 27.7 Å². The van der Waals surface area contributed by atoms with Crippen molar-refractivity contribution >= 4 is 33.0 Å². The zero-order valence-electron chi connectivity index (χ0n) is 19.6. The van der Waals surface area contributed by atoms with E-state index in [1.165, 1.54) is 22.5 Å². The van der Waals surface area contributed by atoms with Gasteiger partial charge in [-0.2, -0.15) is 8.70 Å². The lowest BCUT2D eigenvalue weighted by molar-refractivity contribution is -0.387. The summed E-state index contributed by atoms with van der Waals surface area (Å²) in [4.78, 5) is 24.5. The van der Waals surface area contributed by atoms with Crippen LogP contribution in [0.3, 0.4) is 0 Å². The highest BCUT2D eigenvalue weighted by molar-refractivity contribution is 7.89. The van der Waals surface area contributed by atoms with Crippen LogP contribution in [0.5, 0.6) is 5.75 Å². The molecule has 2 rings (SSSR count). The summed E-state index contributed by atoms with van der Waals surface area (Å²) in [6.45, 7) is 8.70. The molecular weight excluding hydrogens is 467 g/mol. The summed E-state index contributed by atoms with van der Waals surface area (Å²) < 4.78 is 46.3.